The zero-order valence-corrected chi connectivity index (χ0v) is 5.31. The molecule has 0 radical (unpaired) electrons. The molecule has 0 bridgehead atoms. The van der Waals surface area contributed by atoms with Crippen LogP contribution in [0.25, 0.3) is 0 Å². The first kappa shape index (κ1) is 12.9. The molecule has 0 fully saturated rings. The first-order chi connectivity index (χ1) is 3.79. The Hall–Kier alpha value is 0.230. The molecule has 0 saturated carbocycles. The summed E-state index contributed by atoms with van der Waals surface area (Å²) in [7, 11) is 0. The van der Waals surface area contributed by atoms with Crippen LogP contribution in [0.1, 0.15) is 0 Å². The van der Waals surface area contributed by atoms with Gasteiger partial charge < -0.3 is 10.7 Å². The summed E-state index contributed by atoms with van der Waals surface area (Å²) in [5.74, 6) is 0.244. The van der Waals surface area contributed by atoms with Crippen molar-refractivity contribution in [3.63, 3.8) is 0 Å². The second-order valence-electron chi connectivity index (χ2n) is 1.32. The van der Waals surface area contributed by atoms with Crippen molar-refractivity contribution < 1.29 is 0 Å². The second kappa shape index (κ2) is 5.97. The molecule has 0 aliphatic rings. The van der Waals surface area contributed by atoms with E-state index in [4.69, 9.17) is 5.73 Å². The van der Waals surface area contributed by atoms with Crippen molar-refractivity contribution in [1.82, 2.24) is 9.97 Å². The van der Waals surface area contributed by atoms with Crippen molar-refractivity contribution in [2.45, 2.75) is 0 Å². The van der Waals surface area contributed by atoms with E-state index in [1.807, 2.05) is 0 Å². The minimum atomic E-state index is -0.412. The molecule has 1 aromatic heterocycles. The van der Waals surface area contributed by atoms with Crippen LogP contribution in [-0.4, -0.2) is 47.7 Å². The Morgan fingerprint density at radius 2 is 2.20 bits per heavy atom. The van der Waals surface area contributed by atoms with E-state index in [0.29, 0.717) is 0 Å². The molecule has 0 saturated heterocycles. The predicted octanol–water partition coefficient (Wildman–Crippen LogP) is -1.14. The van der Waals surface area contributed by atoms with E-state index in [1.165, 1.54) is 12.3 Å². The van der Waals surface area contributed by atoms with Gasteiger partial charge in [0.25, 0.3) is 0 Å². The van der Waals surface area contributed by atoms with Crippen LogP contribution in [0.3, 0.4) is 0 Å². The summed E-state index contributed by atoms with van der Waals surface area (Å²) in [6.07, 6.45) is 1.45. The first-order valence-corrected chi connectivity index (χ1v) is 2.10. The summed E-state index contributed by atoms with van der Waals surface area (Å²) in [6, 6.07) is 1.52. The van der Waals surface area contributed by atoms with Crippen LogP contribution >= 0.6 is 12.4 Å². The van der Waals surface area contributed by atoms with Crippen molar-refractivity contribution >= 4 is 56.0 Å². The van der Waals surface area contributed by atoms with Crippen LogP contribution < -0.4 is 11.4 Å². The predicted molar refractivity (Wildman–Crippen MR) is 45.1 cm³/mol. The number of hydrogen-bond donors (Lipinski definition) is 2. The van der Waals surface area contributed by atoms with E-state index in [-0.39, 0.29) is 56.0 Å². The van der Waals surface area contributed by atoms with Gasteiger partial charge in [0.05, 0.1) is 0 Å². The molecular weight excluding hydrogens is 182 g/mol. The fourth-order valence-electron chi connectivity index (χ4n) is 0.385. The van der Waals surface area contributed by atoms with Crippen LogP contribution in [-0.2, 0) is 0 Å². The fraction of sp³-hybridized carbons (Fsp3) is 0. The zero-order chi connectivity index (χ0) is 5.98. The van der Waals surface area contributed by atoms with Crippen LogP contribution in [0.5, 0.6) is 0 Å². The number of nitrogen functional groups attached to an aromatic ring is 1. The van der Waals surface area contributed by atoms with E-state index >= 15 is 0 Å². The molecule has 0 amide bonds. The van der Waals surface area contributed by atoms with Crippen molar-refractivity contribution in [3.05, 3.63) is 22.7 Å². The fourth-order valence-corrected chi connectivity index (χ4v) is 0.385. The molecule has 54 valence electrons. The van der Waals surface area contributed by atoms with Gasteiger partial charge in [-0.15, -0.1) is 12.4 Å². The summed E-state index contributed by atoms with van der Waals surface area (Å²) in [6.45, 7) is 0. The molecule has 6 heteroatoms. The standard InChI is InChI=1S/C4H5N3O.Ca.ClH.2H/c5-3-1-2-6-4(8)7-3;;;;/h1-2H,(H3,5,6,7,8);;1H;;. The van der Waals surface area contributed by atoms with E-state index in [2.05, 4.69) is 9.97 Å². The Bertz CT molecular complexity index is 238. The molecule has 10 heavy (non-hydrogen) atoms. The molecule has 0 aliphatic heterocycles. The van der Waals surface area contributed by atoms with Crippen LogP contribution in [0.4, 0.5) is 5.82 Å². The molecule has 1 rings (SSSR count). The van der Waals surface area contributed by atoms with Gasteiger partial charge in [-0.25, -0.2) is 4.79 Å². The normalized spacial score (nSPS) is 7.20. The zero-order valence-electron chi connectivity index (χ0n) is 4.50. The first-order valence-electron chi connectivity index (χ1n) is 2.10. The molecule has 0 unspecified atom stereocenters. The van der Waals surface area contributed by atoms with Gasteiger partial charge in [-0.3, -0.25) is 0 Å². The van der Waals surface area contributed by atoms with Gasteiger partial charge in [0, 0.05) is 6.20 Å². The quantitative estimate of drug-likeness (QED) is 0.507. The maximum atomic E-state index is 10.2. The van der Waals surface area contributed by atoms with Crippen molar-refractivity contribution in [1.29, 1.82) is 0 Å². The van der Waals surface area contributed by atoms with Crippen LogP contribution in [0, 0.1) is 0 Å². The van der Waals surface area contributed by atoms with Crippen molar-refractivity contribution in [2.75, 3.05) is 5.73 Å². The number of nitrogens with two attached hydrogens (primary N) is 1. The number of rotatable bonds is 0. The number of nitrogens with zero attached hydrogens (tertiary/aromatic N) is 1. The number of H-pyrrole nitrogens is 1. The van der Waals surface area contributed by atoms with Crippen LogP contribution in [0.15, 0.2) is 17.1 Å². The number of hydrogen-bond acceptors (Lipinski definition) is 3. The van der Waals surface area contributed by atoms with Gasteiger partial charge in [0.2, 0.25) is 0 Å². The van der Waals surface area contributed by atoms with Gasteiger partial charge >= 0.3 is 43.4 Å². The molecule has 0 spiro atoms. The average Bonchev–Trinajstić information content (AvgIpc) is 1.64. The third-order valence-electron chi connectivity index (χ3n) is 0.692. The number of nitrogens with one attached hydrogen (secondary N) is 1. The molecular formula is C4H8CaClN3O. The van der Waals surface area contributed by atoms with E-state index in [0.717, 1.165) is 0 Å². The number of anilines is 1. The van der Waals surface area contributed by atoms with Gasteiger partial charge in [0.15, 0.2) is 0 Å². The van der Waals surface area contributed by atoms with Gasteiger partial charge in [0.1, 0.15) is 5.82 Å². The molecule has 1 aromatic rings. The van der Waals surface area contributed by atoms with E-state index in [1.54, 1.807) is 0 Å². The third kappa shape index (κ3) is 4.11. The number of aromatic amines is 1. The molecule has 0 aliphatic carbocycles. The van der Waals surface area contributed by atoms with E-state index < -0.39 is 5.69 Å². The molecule has 4 nitrogen and oxygen atoms in total. The maximum absolute atomic E-state index is 10.2. The summed E-state index contributed by atoms with van der Waals surface area (Å²) in [5.41, 5.74) is 4.72. The van der Waals surface area contributed by atoms with Crippen molar-refractivity contribution in [3.8, 4) is 0 Å². The van der Waals surface area contributed by atoms with Crippen molar-refractivity contribution in [2.24, 2.45) is 0 Å². The second-order valence-corrected chi connectivity index (χ2v) is 1.32. The topological polar surface area (TPSA) is 71.8 Å². The summed E-state index contributed by atoms with van der Waals surface area (Å²) >= 11 is 0. The SMILES string of the molecule is Cl.Nc1cc[nH]c(=O)n1.[CaH2]. The molecule has 1 heterocycles. The average molecular weight is 190 g/mol. The Morgan fingerprint density at radius 1 is 1.60 bits per heavy atom. The Kier molecular flexibility index (Phi) is 7.69. The summed E-state index contributed by atoms with van der Waals surface area (Å²) in [4.78, 5) is 15.9. The molecule has 0 atom stereocenters. The summed E-state index contributed by atoms with van der Waals surface area (Å²) in [5, 5.41) is 0. The third-order valence-corrected chi connectivity index (χ3v) is 0.692. The molecule has 0 aromatic carbocycles. The monoisotopic (exact) mass is 189 g/mol. The minimum absolute atomic E-state index is 0. The molecule has 3 N–H and O–H groups in total. The van der Waals surface area contributed by atoms with Gasteiger partial charge in [-0.1, -0.05) is 0 Å². The van der Waals surface area contributed by atoms with E-state index in [9.17, 15) is 4.79 Å². The van der Waals surface area contributed by atoms with Gasteiger partial charge in [-0.05, 0) is 6.07 Å². The van der Waals surface area contributed by atoms with Gasteiger partial charge in [-0.2, -0.15) is 4.98 Å². The Balaban J connectivity index is 0. The summed E-state index contributed by atoms with van der Waals surface area (Å²) < 4.78 is 0. The Morgan fingerprint density at radius 3 is 2.50 bits per heavy atom. The Labute approximate surface area is 93.6 Å². The number of aromatic nitrogens is 2. The van der Waals surface area contributed by atoms with Crippen LogP contribution in [0.2, 0.25) is 0 Å². The number of halogens is 1.